The zero-order valence-corrected chi connectivity index (χ0v) is 14.3. The maximum absolute atomic E-state index is 12.0. The van der Waals surface area contributed by atoms with E-state index in [1.807, 2.05) is 18.2 Å². The molecule has 0 radical (unpaired) electrons. The molecule has 0 amide bonds. The summed E-state index contributed by atoms with van der Waals surface area (Å²) in [6, 6.07) is 5.60. The van der Waals surface area contributed by atoms with Gasteiger partial charge in [-0.3, -0.25) is 0 Å². The molecule has 0 fully saturated rings. The Morgan fingerprint density at radius 3 is 2.90 bits per heavy atom. The molecule has 0 saturated carbocycles. The molecule has 0 spiro atoms. The van der Waals surface area contributed by atoms with Crippen molar-refractivity contribution in [3.05, 3.63) is 33.9 Å². The molecule has 7 heteroatoms. The zero-order valence-electron chi connectivity index (χ0n) is 11.9. The number of methoxy groups -OCH3 is 1. The third-order valence-corrected chi connectivity index (χ3v) is 4.10. The smallest absolute Gasteiger partial charge is 0.343 e. The van der Waals surface area contributed by atoms with E-state index in [1.54, 1.807) is 21.0 Å². The largest absolute Gasteiger partial charge is 0.495 e. The van der Waals surface area contributed by atoms with Gasteiger partial charge in [-0.05, 0) is 43.6 Å². The Morgan fingerprint density at radius 1 is 1.48 bits per heavy atom. The molecule has 5 nitrogen and oxygen atoms in total. The molecule has 112 valence electrons. The minimum absolute atomic E-state index is 0.327. The third-order valence-electron chi connectivity index (χ3n) is 2.75. The van der Waals surface area contributed by atoms with Crippen molar-refractivity contribution in [2.75, 3.05) is 19.0 Å². The predicted molar refractivity (Wildman–Crippen MR) is 86.8 cm³/mol. The van der Waals surface area contributed by atoms with Gasteiger partial charge in [0, 0.05) is 4.47 Å². The van der Waals surface area contributed by atoms with Gasteiger partial charge < -0.3 is 14.8 Å². The van der Waals surface area contributed by atoms with Crippen molar-refractivity contribution < 1.29 is 14.3 Å². The number of halogens is 1. The van der Waals surface area contributed by atoms with Crippen molar-refractivity contribution in [3.63, 3.8) is 0 Å². The van der Waals surface area contributed by atoms with E-state index >= 15 is 0 Å². The summed E-state index contributed by atoms with van der Waals surface area (Å²) in [4.78, 5) is 12.0. The maximum Gasteiger partial charge on any atom is 0.343 e. The van der Waals surface area contributed by atoms with Crippen LogP contribution in [0.5, 0.6) is 5.75 Å². The number of rotatable bonds is 5. The van der Waals surface area contributed by atoms with Crippen LogP contribution in [0, 0.1) is 6.92 Å². The Morgan fingerprint density at radius 2 is 2.24 bits per heavy atom. The standard InChI is InChI=1S/C14H15BrN2O3S/c1-4-20-14(18)12-8(2)17-21-13(12)16-10-7-9(15)5-6-11(10)19-3/h5-7,16H,4H2,1-3H3. The lowest BCUT2D eigenvalue weighted by atomic mass is 10.2. The molecule has 0 aliphatic rings. The highest BCUT2D eigenvalue weighted by atomic mass is 79.9. The van der Waals surface area contributed by atoms with Crippen molar-refractivity contribution in [1.82, 2.24) is 4.37 Å². The topological polar surface area (TPSA) is 60.5 Å². The van der Waals surface area contributed by atoms with Crippen molar-refractivity contribution >= 4 is 44.1 Å². The minimum atomic E-state index is -0.375. The Balaban J connectivity index is 2.36. The maximum atomic E-state index is 12.0. The fourth-order valence-electron chi connectivity index (χ4n) is 1.80. The molecule has 1 aromatic heterocycles. The molecule has 1 heterocycles. The van der Waals surface area contributed by atoms with Gasteiger partial charge in [0.15, 0.2) is 0 Å². The molecular formula is C14H15BrN2O3S. The summed E-state index contributed by atoms with van der Waals surface area (Å²) in [5.74, 6) is 0.305. The number of nitrogens with one attached hydrogen (secondary N) is 1. The van der Waals surface area contributed by atoms with Gasteiger partial charge in [0.05, 0.1) is 25.1 Å². The summed E-state index contributed by atoms with van der Waals surface area (Å²) in [5.41, 5.74) is 1.86. The summed E-state index contributed by atoms with van der Waals surface area (Å²) in [6.45, 7) is 3.89. The fourth-order valence-corrected chi connectivity index (χ4v) is 2.96. The highest BCUT2D eigenvalue weighted by Gasteiger charge is 2.20. The quantitative estimate of drug-likeness (QED) is 0.801. The molecule has 0 saturated heterocycles. The molecule has 0 unspecified atom stereocenters. The molecule has 0 bridgehead atoms. The van der Waals surface area contributed by atoms with Crippen LogP contribution in [0.4, 0.5) is 10.7 Å². The molecule has 2 rings (SSSR count). The number of esters is 1. The number of nitrogens with zero attached hydrogens (tertiary/aromatic N) is 1. The van der Waals surface area contributed by atoms with Crippen LogP contribution in [0.25, 0.3) is 0 Å². The van der Waals surface area contributed by atoms with Gasteiger partial charge in [0.2, 0.25) is 0 Å². The average Bonchev–Trinajstić information content (AvgIpc) is 2.80. The first-order chi connectivity index (χ1) is 10.1. The number of hydrogen-bond acceptors (Lipinski definition) is 6. The molecular weight excluding hydrogens is 356 g/mol. The van der Waals surface area contributed by atoms with E-state index in [0.29, 0.717) is 28.6 Å². The van der Waals surface area contributed by atoms with Crippen LogP contribution < -0.4 is 10.1 Å². The minimum Gasteiger partial charge on any atom is -0.495 e. The highest BCUT2D eigenvalue weighted by Crippen LogP contribution is 2.34. The first kappa shape index (κ1) is 15.8. The van der Waals surface area contributed by atoms with E-state index in [-0.39, 0.29) is 5.97 Å². The molecule has 1 aromatic carbocycles. The fraction of sp³-hybridized carbons (Fsp3) is 0.286. The third kappa shape index (κ3) is 3.54. The first-order valence-corrected chi connectivity index (χ1v) is 7.87. The molecule has 0 aliphatic heterocycles. The Bertz CT molecular complexity index is 658. The van der Waals surface area contributed by atoms with Crippen LogP contribution in [-0.4, -0.2) is 24.1 Å². The Kier molecular flexibility index (Phi) is 5.19. The molecule has 1 N–H and O–H groups in total. The van der Waals surface area contributed by atoms with E-state index in [0.717, 1.165) is 10.2 Å². The summed E-state index contributed by atoms with van der Waals surface area (Å²) < 4.78 is 15.5. The van der Waals surface area contributed by atoms with E-state index in [4.69, 9.17) is 9.47 Å². The van der Waals surface area contributed by atoms with Crippen molar-refractivity contribution in [1.29, 1.82) is 0 Å². The van der Waals surface area contributed by atoms with Crippen LogP contribution in [0.1, 0.15) is 23.0 Å². The van der Waals surface area contributed by atoms with Gasteiger partial charge in [-0.25, -0.2) is 4.79 Å². The number of benzene rings is 1. The van der Waals surface area contributed by atoms with Gasteiger partial charge in [-0.2, -0.15) is 4.37 Å². The average molecular weight is 371 g/mol. The highest BCUT2D eigenvalue weighted by molar-refractivity contribution is 9.10. The normalized spacial score (nSPS) is 10.3. The van der Waals surface area contributed by atoms with Crippen LogP contribution in [0.2, 0.25) is 0 Å². The van der Waals surface area contributed by atoms with Crippen LogP contribution in [0.3, 0.4) is 0 Å². The number of ether oxygens (including phenoxy) is 2. The monoisotopic (exact) mass is 370 g/mol. The molecule has 0 aliphatic carbocycles. The van der Waals surface area contributed by atoms with Gasteiger partial charge in [0.25, 0.3) is 0 Å². The summed E-state index contributed by atoms with van der Waals surface area (Å²) >= 11 is 4.63. The molecule has 2 aromatic rings. The van der Waals surface area contributed by atoms with Crippen LogP contribution >= 0.6 is 27.5 Å². The van der Waals surface area contributed by atoms with Crippen molar-refractivity contribution in [2.24, 2.45) is 0 Å². The van der Waals surface area contributed by atoms with Crippen molar-refractivity contribution in [3.8, 4) is 5.75 Å². The number of hydrogen-bond donors (Lipinski definition) is 1. The Labute approximate surface area is 135 Å². The number of aromatic nitrogens is 1. The van der Waals surface area contributed by atoms with Gasteiger partial charge in [-0.1, -0.05) is 15.9 Å². The van der Waals surface area contributed by atoms with Gasteiger partial charge in [0.1, 0.15) is 16.3 Å². The van der Waals surface area contributed by atoms with Crippen molar-refractivity contribution in [2.45, 2.75) is 13.8 Å². The van der Waals surface area contributed by atoms with E-state index in [2.05, 4.69) is 25.6 Å². The second-order valence-corrected chi connectivity index (χ2v) is 5.85. The first-order valence-electron chi connectivity index (χ1n) is 6.30. The van der Waals surface area contributed by atoms with E-state index < -0.39 is 0 Å². The summed E-state index contributed by atoms with van der Waals surface area (Å²) in [6.07, 6.45) is 0. The molecule has 21 heavy (non-hydrogen) atoms. The zero-order chi connectivity index (χ0) is 15.4. The number of carbonyl (C=O) groups is 1. The summed E-state index contributed by atoms with van der Waals surface area (Å²) in [5, 5.41) is 3.83. The number of aryl methyl sites for hydroxylation is 1. The van der Waals surface area contributed by atoms with Crippen LogP contribution in [-0.2, 0) is 4.74 Å². The number of anilines is 2. The SMILES string of the molecule is CCOC(=O)c1c(C)nsc1Nc1cc(Br)ccc1OC. The second-order valence-electron chi connectivity index (χ2n) is 4.16. The van der Waals surface area contributed by atoms with E-state index in [9.17, 15) is 4.79 Å². The summed E-state index contributed by atoms with van der Waals surface area (Å²) in [7, 11) is 1.60. The van der Waals surface area contributed by atoms with Crippen LogP contribution in [0.15, 0.2) is 22.7 Å². The lowest BCUT2D eigenvalue weighted by molar-refractivity contribution is 0.0527. The molecule has 0 atom stereocenters. The lowest BCUT2D eigenvalue weighted by Crippen LogP contribution is -2.07. The number of carbonyl (C=O) groups excluding carboxylic acids is 1. The Hall–Kier alpha value is -1.60. The van der Waals surface area contributed by atoms with E-state index in [1.165, 1.54) is 11.5 Å². The lowest BCUT2D eigenvalue weighted by Gasteiger charge is -2.11. The second kappa shape index (κ2) is 6.91. The van der Waals surface area contributed by atoms with Gasteiger partial charge >= 0.3 is 5.97 Å². The van der Waals surface area contributed by atoms with Gasteiger partial charge in [-0.15, -0.1) is 0 Å². The predicted octanol–water partition coefficient (Wildman–Crippen LogP) is 4.14.